The molecule has 0 aliphatic carbocycles. The highest BCUT2D eigenvalue weighted by Gasteiger charge is 2.00. The highest BCUT2D eigenvalue weighted by Crippen LogP contribution is 2.17. The molecule has 0 radical (unpaired) electrons. The van der Waals surface area contributed by atoms with Gasteiger partial charge in [-0.1, -0.05) is 0 Å². The van der Waals surface area contributed by atoms with E-state index < -0.39 is 0 Å². The van der Waals surface area contributed by atoms with Crippen LogP contribution in [0.25, 0.3) is 11.3 Å². The first-order chi connectivity index (χ1) is 7.90. The molecule has 0 aromatic carbocycles. The van der Waals surface area contributed by atoms with E-state index in [0.29, 0.717) is 6.42 Å². The Labute approximate surface area is 94.4 Å². The summed E-state index contributed by atoms with van der Waals surface area (Å²) in [4.78, 5) is 8.28. The maximum Gasteiger partial charge on any atom is 0.0705 e. The van der Waals surface area contributed by atoms with Crippen LogP contribution in [0.2, 0.25) is 0 Å². The van der Waals surface area contributed by atoms with Gasteiger partial charge in [0.05, 0.1) is 11.8 Å². The Morgan fingerprint density at radius 3 is 2.69 bits per heavy atom. The van der Waals surface area contributed by atoms with Crippen LogP contribution >= 0.6 is 0 Å². The van der Waals surface area contributed by atoms with E-state index in [-0.39, 0.29) is 0 Å². The highest BCUT2D eigenvalue weighted by atomic mass is 14.7. The van der Waals surface area contributed by atoms with E-state index in [4.69, 9.17) is 5.26 Å². The summed E-state index contributed by atoms with van der Waals surface area (Å²) in [5, 5.41) is 8.54. The largest absolute Gasteiger partial charge is 0.265 e. The first-order valence-corrected chi connectivity index (χ1v) is 5.12. The molecular weight excluding hydrogens is 198 g/mol. The smallest absolute Gasteiger partial charge is 0.0705 e. The third kappa shape index (κ3) is 2.43. The van der Waals surface area contributed by atoms with Gasteiger partial charge >= 0.3 is 0 Å². The summed E-state index contributed by atoms with van der Waals surface area (Å²) in [7, 11) is 0. The van der Waals surface area contributed by atoms with Crippen LogP contribution in [0.4, 0.5) is 0 Å². The average Bonchev–Trinajstić information content (AvgIpc) is 2.38. The lowest BCUT2D eigenvalue weighted by Crippen LogP contribution is -1.88. The van der Waals surface area contributed by atoms with Gasteiger partial charge in [0, 0.05) is 30.6 Å². The van der Waals surface area contributed by atoms with Crippen molar-refractivity contribution in [2.24, 2.45) is 0 Å². The predicted molar refractivity (Wildman–Crippen MR) is 61.4 cm³/mol. The zero-order valence-corrected chi connectivity index (χ0v) is 8.80. The van der Waals surface area contributed by atoms with Gasteiger partial charge in [0.15, 0.2) is 0 Å². The van der Waals surface area contributed by atoms with Crippen molar-refractivity contribution in [3.63, 3.8) is 0 Å². The van der Waals surface area contributed by atoms with Crippen molar-refractivity contribution in [1.82, 2.24) is 9.97 Å². The molecule has 0 atom stereocenters. The molecule has 2 rings (SSSR count). The minimum Gasteiger partial charge on any atom is -0.265 e. The minimum absolute atomic E-state index is 0.541. The van der Waals surface area contributed by atoms with Crippen molar-refractivity contribution in [3.05, 3.63) is 48.4 Å². The number of nitrogens with zero attached hydrogens (tertiary/aromatic N) is 3. The van der Waals surface area contributed by atoms with Crippen LogP contribution in [0.3, 0.4) is 0 Å². The lowest BCUT2D eigenvalue weighted by atomic mass is 10.1. The van der Waals surface area contributed by atoms with E-state index in [1.165, 1.54) is 0 Å². The second-order valence-electron chi connectivity index (χ2n) is 3.44. The Hall–Kier alpha value is -2.21. The topological polar surface area (TPSA) is 49.6 Å². The van der Waals surface area contributed by atoms with Crippen LogP contribution in [0.1, 0.15) is 12.0 Å². The van der Waals surface area contributed by atoms with Crippen LogP contribution < -0.4 is 0 Å². The van der Waals surface area contributed by atoms with Crippen LogP contribution in [-0.2, 0) is 6.42 Å². The third-order valence-corrected chi connectivity index (χ3v) is 2.33. The van der Waals surface area contributed by atoms with Crippen molar-refractivity contribution >= 4 is 0 Å². The van der Waals surface area contributed by atoms with Crippen LogP contribution in [-0.4, -0.2) is 9.97 Å². The summed E-state index contributed by atoms with van der Waals surface area (Å²) < 4.78 is 0. The molecule has 0 unspecified atom stereocenters. The molecule has 0 fully saturated rings. The summed E-state index contributed by atoms with van der Waals surface area (Å²) >= 11 is 0. The lowest BCUT2D eigenvalue weighted by Gasteiger charge is -2.02. The molecule has 3 heteroatoms. The zero-order chi connectivity index (χ0) is 11.2. The van der Waals surface area contributed by atoms with Crippen molar-refractivity contribution in [1.29, 1.82) is 5.26 Å². The minimum atomic E-state index is 0.541. The molecule has 0 saturated carbocycles. The first-order valence-electron chi connectivity index (χ1n) is 5.12. The molecule has 0 saturated heterocycles. The molecule has 0 N–H and O–H groups in total. The standard InChI is InChI=1S/C13H11N3/c14-6-1-2-11-3-9-16-13(10-11)12-4-7-15-8-5-12/h3-5,7-10H,1-2H2. The number of nitriles is 1. The molecule has 0 aliphatic heterocycles. The molecule has 2 aromatic heterocycles. The number of rotatable bonds is 3. The van der Waals surface area contributed by atoms with Gasteiger partial charge in [-0.15, -0.1) is 0 Å². The van der Waals surface area contributed by atoms with Crippen LogP contribution in [0, 0.1) is 11.3 Å². The van der Waals surface area contributed by atoms with Crippen molar-refractivity contribution < 1.29 is 0 Å². The molecule has 78 valence electrons. The maximum atomic E-state index is 8.54. The second-order valence-corrected chi connectivity index (χ2v) is 3.44. The van der Waals surface area contributed by atoms with E-state index in [0.717, 1.165) is 23.2 Å². The molecule has 3 nitrogen and oxygen atoms in total. The molecule has 0 aliphatic rings. The van der Waals surface area contributed by atoms with Crippen molar-refractivity contribution in [3.8, 4) is 17.3 Å². The lowest BCUT2D eigenvalue weighted by molar-refractivity contribution is 1.00. The normalized spacial score (nSPS) is 9.69. The molecule has 2 aromatic rings. The van der Waals surface area contributed by atoms with E-state index in [9.17, 15) is 0 Å². The number of aryl methyl sites for hydroxylation is 1. The summed E-state index contributed by atoms with van der Waals surface area (Å²) in [5.41, 5.74) is 3.12. The summed E-state index contributed by atoms with van der Waals surface area (Å²) in [6, 6.07) is 9.97. The summed E-state index contributed by atoms with van der Waals surface area (Å²) in [5.74, 6) is 0. The van der Waals surface area contributed by atoms with E-state index in [2.05, 4.69) is 16.0 Å². The Kier molecular flexibility index (Phi) is 3.25. The average molecular weight is 209 g/mol. The maximum absolute atomic E-state index is 8.54. The SMILES string of the molecule is N#CCCc1ccnc(-c2ccncc2)c1. The predicted octanol–water partition coefficient (Wildman–Crippen LogP) is 2.60. The Balaban J connectivity index is 2.26. The van der Waals surface area contributed by atoms with Crippen molar-refractivity contribution in [2.45, 2.75) is 12.8 Å². The molecule has 0 amide bonds. The zero-order valence-electron chi connectivity index (χ0n) is 8.80. The molecule has 0 bridgehead atoms. The summed E-state index contributed by atoms with van der Waals surface area (Å²) in [6.07, 6.45) is 6.59. The molecule has 2 heterocycles. The van der Waals surface area contributed by atoms with Gasteiger partial charge < -0.3 is 0 Å². The quantitative estimate of drug-likeness (QED) is 0.780. The fraction of sp³-hybridized carbons (Fsp3) is 0.154. The number of hydrogen-bond acceptors (Lipinski definition) is 3. The number of pyridine rings is 2. The monoisotopic (exact) mass is 209 g/mol. The second kappa shape index (κ2) is 5.04. The van der Waals surface area contributed by atoms with Gasteiger partial charge in [-0.25, -0.2) is 0 Å². The number of hydrogen-bond donors (Lipinski definition) is 0. The Morgan fingerprint density at radius 1 is 1.12 bits per heavy atom. The van der Waals surface area contributed by atoms with Crippen LogP contribution in [0.5, 0.6) is 0 Å². The molecular formula is C13H11N3. The molecule has 16 heavy (non-hydrogen) atoms. The van der Waals surface area contributed by atoms with Gasteiger partial charge in [0.1, 0.15) is 0 Å². The van der Waals surface area contributed by atoms with Gasteiger partial charge in [-0.2, -0.15) is 5.26 Å². The Morgan fingerprint density at radius 2 is 1.94 bits per heavy atom. The van der Waals surface area contributed by atoms with E-state index in [1.807, 2.05) is 24.3 Å². The summed E-state index contributed by atoms with van der Waals surface area (Å²) in [6.45, 7) is 0. The fourth-order valence-electron chi connectivity index (χ4n) is 1.51. The highest BCUT2D eigenvalue weighted by molar-refractivity contribution is 5.58. The van der Waals surface area contributed by atoms with E-state index in [1.54, 1.807) is 18.6 Å². The number of aromatic nitrogens is 2. The van der Waals surface area contributed by atoms with Gasteiger partial charge in [0.25, 0.3) is 0 Å². The molecule has 0 spiro atoms. The van der Waals surface area contributed by atoms with Crippen molar-refractivity contribution in [2.75, 3.05) is 0 Å². The first kappa shape index (κ1) is 10.3. The van der Waals surface area contributed by atoms with Gasteiger partial charge in [0.2, 0.25) is 0 Å². The fourth-order valence-corrected chi connectivity index (χ4v) is 1.51. The van der Waals surface area contributed by atoms with Gasteiger partial charge in [-0.3, -0.25) is 9.97 Å². The van der Waals surface area contributed by atoms with Gasteiger partial charge in [-0.05, 0) is 36.2 Å². The van der Waals surface area contributed by atoms with E-state index >= 15 is 0 Å². The van der Waals surface area contributed by atoms with Crippen LogP contribution in [0.15, 0.2) is 42.9 Å². The Bertz CT molecular complexity index is 500. The third-order valence-electron chi connectivity index (χ3n) is 2.33.